The van der Waals surface area contributed by atoms with E-state index in [4.69, 9.17) is 0 Å². The summed E-state index contributed by atoms with van der Waals surface area (Å²) in [5.74, 6) is -0.152. The van der Waals surface area contributed by atoms with Gasteiger partial charge in [0, 0.05) is 12.6 Å². The van der Waals surface area contributed by atoms with Gasteiger partial charge in [0.2, 0.25) is 11.8 Å². The van der Waals surface area contributed by atoms with Gasteiger partial charge in [-0.3, -0.25) is 9.59 Å². The molecule has 0 aliphatic heterocycles. The predicted molar refractivity (Wildman–Crippen MR) is 114 cm³/mol. The van der Waals surface area contributed by atoms with Crippen LogP contribution in [0.5, 0.6) is 0 Å². The predicted octanol–water partition coefficient (Wildman–Crippen LogP) is 4.18. The van der Waals surface area contributed by atoms with Crippen LogP contribution in [0.2, 0.25) is 0 Å². The van der Waals surface area contributed by atoms with Gasteiger partial charge >= 0.3 is 0 Å². The van der Waals surface area contributed by atoms with E-state index in [9.17, 15) is 9.59 Å². The minimum Gasteiger partial charge on any atom is -0.352 e. The first-order chi connectivity index (χ1) is 13.3. The van der Waals surface area contributed by atoms with E-state index in [0.717, 1.165) is 23.1 Å². The van der Waals surface area contributed by atoms with Crippen LogP contribution in [0.1, 0.15) is 49.4 Å². The van der Waals surface area contributed by atoms with Gasteiger partial charge in [-0.2, -0.15) is 0 Å². The van der Waals surface area contributed by atoms with E-state index >= 15 is 0 Å². The summed E-state index contributed by atoms with van der Waals surface area (Å²) in [5, 5.41) is 3.00. The van der Waals surface area contributed by atoms with Gasteiger partial charge in [0.15, 0.2) is 0 Å². The zero-order valence-corrected chi connectivity index (χ0v) is 17.7. The topological polar surface area (TPSA) is 49.4 Å². The molecular formula is C24H32N2O2. The van der Waals surface area contributed by atoms with E-state index in [-0.39, 0.29) is 17.9 Å². The van der Waals surface area contributed by atoms with Crippen molar-refractivity contribution in [1.29, 1.82) is 0 Å². The molecule has 0 spiro atoms. The van der Waals surface area contributed by atoms with Crippen molar-refractivity contribution in [2.45, 2.75) is 66.1 Å². The fraction of sp³-hybridized carbons (Fsp3) is 0.417. The molecule has 4 heteroatoms. The maximum absolute atomic E-state index is 13.2. The molecule has 0 heterocycles. The van der Waals surface area contributed by atoms with Crippen LogP contribution < -0.4 is 5.32 Å². The van der Waals surface area contributed by atoms with Crippen LogP contribution in [0.4, 0.5) is 0 Å². The first kappa shape index (κ1) is 21.7. The fourth-order valence-electron chi connectivity index (χ4n) is 3.01. The van der Waals surface area contributed by atoms with E-state index in [1.54, 1.807) is 4.90 Å². The lowest BCUT2D eigenvalue weighted by Gasteiger charge is -2.30. The molecule has 0 fully saturated rings. The van der Waals surface area contributed by atoms with Crippen molar-refractivity contribution < 1.29 is 9.59 Å². The van der Waals surface area contributed by atoms with Crippen LogP contribution in [-0.4, -0.2) is 28.8 Å². The van der Waals surface area contributed by atoms with E-state index in [2.05, 4.69) is 5.32 Å². The van der Waals surface area contributed by atoms with Crippen molar-refractivity contribution in [2.75, 3.05) is 0 Å². The molecule has 2 aromatic rings. The highest BCUT2D eigenvalue weighted by molar-refractivity contribution is 5.88. The SMILES string of the molecule is CC[C@H](C)NC(=O)[C@@H](C)N(Cc1ccc(C)cc1)C(=O)Cc1ccccc1C. The zero-order chi connectivity index (χ0) is 20.7. The Morgan fingerprint density at radius 3 is 2.25 bits per heavy atom. The molecule has 2 amide bonds. The van der Waals surface area contributed by atoms with E-state index in [0.29, 0.717) is 13.0 Å². The third-order valence-electron chi connectivity index (χ3n) is 5.24. The number of aryl methyl sites for hydroxylation is 2. The molecule has 2 atom stereocenters. The monoisotopic (exact) mass is 380 g/mol. The Balaban J connectivity index is 2.23. The van der Waals surface area contributed by atoms with Crippen molar-refractivity contribution in [3.63, 3.8) is 0 Å². The summed E-state index contributed by atoms with van der Waals surface area (Å²) in [6, 6.07) is 15.5. The molecule has 0 bridgehead atoms. The summed E-state index contributed by atoms with van der Waals surface area (Å²) in [6.07, 6.45) is 1.15. The molecule has 0 saturated heterocycles. The number of hydrogen-bond donors (Lipinski definition) is 1. The van der Waals surface area contributed by atoms with E-state index < -0.39 is 6.04 Å². The molecule has 1 N–H and O–H groups in total. The van der Waals surface area contributed by atoms with Gasteiger partial charge < -0.3 is 10.2 Å². The smallest absolute Gasteiger partial charge is 0.242 e. The Morgan fingerprint density at radius 1 is 1.00 bits per heavy atom. The van der Waals surface area contributed by atoms with Crippen LogP contribution in [0.25, 0.3) is 0 Å². The first-order valence-electron chi connectivity index (χ1n) is 10.0. The summed E-state index contributed by atoms with van der Waals surface area (Å²) in [7, 11) is 0. The lowest BCUT2D eigenvalue weighted by atomic mass is 10.0. The highest BCUT2D eigenvalue weighted by Gasteiger charge is 2.27. The minimum atomic E-state index is -0.535. The van der Waals surface area contributed by atoms with Crippen LogP contribution >= 0.6 is 0 Å². The highest BCUT2D eigenvalue weighted by Crippen LogP contribution is 2.15. The maximum Gasteiger partial charge on any atom is 0.242 e. The number of carbonyl (C=O) groups excluding carboxylic acids is 2. The second-order valence-electron chi connectivity index (χ2n) is 7.60. The number of nitrogens with one attached hydrogen (secondary N) is 1. The molecule has 150 valence electrons. The van der Waals surface area contributed by atoms with Crippen molar-refractivity contribution in [1.82, 2.24) is 10.2 Å². The van der Waals surface area contributed by atoms with E-state index in [1.165, 1.54) is 5.56 Å². The third kappa shape index (κ3) is 5.95. The Bertz CT molecular complexity index is 799. The Hall–Kier alpha value is -2.62. The van der Waals surface area contributed by atoms with Crippen LogP contribution in [0.3, 0.4) is 0 Å². The zero-order valence-electron chi connectivity index (χ0n) is 17.7. The Labute approximate surface area is 169 Å². The molecule has 0 unspecified atom stereocenters. The molecule has 28 heavy (non-hydrogen) atoms. The van der Waals surface area contributed by atoms with Crippen molar-refractivity contribution >= 4 is 11.8 Å². The molecule has 0 aliphatic rings. The number of hydrogen-bond acceptors (Lipinski definition) is 2. The highest BCUT2D eigenvalue weighted by atomic mass is 16.2. The standard InChI is InChI=1S/C24H32N2O2/c1-6-19(4)25-24(28)20(5)26(16-21-13-11-17(2)12-14-21)23(27)15-22-10-8-7-9-18(22)3/h7-14,19-20H,6,15-16H2,1-5H3,(H,25,28)/t19-,20+/m0/s1. The van der Waals surface area contributed by atoms with Gasteiger partial charge in [0.05, 0.1) is 6.42 Å². The maximum atomic E-state index is 13.2. The van der Waals surface area contributed by atoms with Crippen molar-refractivity contribution in [3.8, 4) is 0 Å². The molecular weight excluding hydrogens is 348 g/mol. The number of rotatable bonds is 8. The van der Waals surface area contributed by atoms with Gasteiger partial charge in [-0.25, -0.2) is 0 Å². The molecule has 4 nitrogen and oxygen atoms in total. The van der Waals surface area contributed by atoms with Gasteiger partial charge in [-0.05, 0) is 50.8 Å². The molecule has 2 aromatic carbocycles. The average molecular weight is 381 g/mol. The number of carbonyl (C=O) groups is 2. The summed E-state index contributed by atoms with van der Waals surface area (Å²) >= 11 is 0. The first-order valence-corrected chi connectivity index (χ1v) is 10.0. The van der Waals surface area contributed by atoms with Gasteiger partial charge in [-0.15, -0.1) is 0 Å². The second-order valence-corrected chi connectivity index (χ2v) is 7.60. The molecule has 0 aromatic heterocycles. The van der Waals surface area contributed by atoms with Crippen molar-refractivity contribution in [2.24, 2.45) is 0 Å². The lowest BCUT2D eigenvalue weighted by Crippen LogP contribution is -2.49. The average Bonchev–Trinajstić information content (AvgIpc) is 2.68. The molecule has 0 radical (unpaired) electrons. The quantitative estimate of drug-likeness (QED) is 0.747. The number of benzene rings is 2. The van der Waals surface area contributed by atoms with Gasteiger partial charge in [-0.1, -0.05) is 61.0 Å². The summed E-state index contributed by atoms with van der Waals surface area (Å²) < 4.78 is 0. The van der Waals surface area contributed by atoms with E-state index in [1.807, 2.05) is 83.1 Å². The van der Waals surface area contributed by atoms with Crippen molar-refractivity contribution in [3.05, 3.63) is 70.8 Å². The molecule has 0 aliphatic carbocycles. The van der Waals surface area contributed by atoms with Crippen LogP contribution in [0.15, 0.2) is 48.5 Å². The summed E-state index contributed by atoms with van der Waals surface area (Å²) in [4.78, 5) is 27.6. The summed E-state index contributed by atoms with van der Waals surface area (Å²) in [6.45, 7) is 10.3. The lowest BCUT2D eigenvalue weighted by molar-refractivity contribution is -0.140. The summed E-state index contributed by atoms with van der Waals surface area (Å²) in [5.41, 5.74) is 4.27. The normalized spacial score (nSPS) is 12.9. The minimum absolute atomic E-state index is 0.0401. The number of nitrogens with zero attached hydrogens (tertiary/aromatic N) is 1. The second kappa shape index (κ2) is 10.1. The molecule has 0 saturated carbocycles. The van der Waals surface area contributed by atoms with Crippen LogP contribution in [0, 0.1) is 13.8 Å². The third-order valence-corrected chi connectivity index (χ3v) is 5.24. The Morgan fingerprint density at radius 2 is 1.64 bits per heavy atom. The Kier molecular flexibility index (Phi) is 7.80. The number of amides is 2. The van der Waals surface area contributed by atoms with Gasteiger partial charge in [0.25, 0.3) is 0 Å². The largest absolute Gasteiger partial charge is 0.352 e. The fourth-order valence-corrected chi connectivity index (χ4v) is 3.01. The van der Waals surface area contributed by atoms with Gasteiger partial charge in [0.1, 0.15) is 6.04 Å². The van der Waals surface area contributed by atoms with Crippen LogP contribution in [-0.2, 0) is 22.6 Å². The molecule has 2 rings (SSSR count).